The van der Waals surface area contributed by atoms with Crippen LogP contribution in [0.3, 0.4) is 0 Å². The van der Waals surface area contributed by atoms with Crippen LogP contribution in [0.1, 0.15) is 57.9 Å². The first kappa shape index (κ1) is 20.1. The Labute approximate surface area is 165 Å². The van der Waals surface area contributed by atoms with Crippen LogP contribution in [0.5, 0.6) is 0 Å². The molecule has 0 bridgehead atoms. The first-order valence-electron chi connectivity index (χ1n) is 9.90. The molecule has 1 unspecified atom stereocenters. The number of ether oxygens (including phenoxy) is 1. The molecule has 0 radical (unpaired) electrons. The third-order valence-corrected chi connectivity index (χ3v) is 6.25. The smallest absolute Gasteiger partial charge is 0.261 e. The van der Waals surface area contributed by atoms with E-state index in [9.17, 15) is 4.79 Å². The third-order valence-electron chi connectivity index (χ3n) is 5.01. The fourth-order valence-electron chi connectivity index (χ4n) is 3.52. The van der Waals surface area contributed by atoms with Crippen LogP contribution < -0.4 is 5.32 Å². The Kier molecular flexibility index (Phi) is 7.10. The number of carbonyl (C=O) groups excluding carboxylic acids is 1. The molecule has 1 N–H and O–H groups in total. The Morgan fingerprint density at radius 1 is 1.30 bits per heavy atom. The number of carbonyl (C=O) groups is 1. The van der Waals surface area contributed by atoms with E-state index >= 15 is 0 Å². The Balaban J connectivity index is 1.70. The van der Waals surface area contributed by atoms with Crippen molar-refractivity contribution >= 4 is 17.2 Å². The first-order chi connectivity index (χ1) is 13.1. The van der Waals surface area contributed by atoms with Gasteiger partial charge >= 0.3 is 0 Å². The number of amides is 1. The molecule has 3 rings (SSSR count). The summed E-state index contributed by atoms with van der Waals surface area (Å²) in [7, 11) is 0. The van der Waals surface area contributed by atoms with E-state index < -0.39 is 0 Å². The number of rotatable bonds is 8. The van der Waals surface area contributed by atoms with Gasteiger partial charge in [0, 0.05) is 24.5 Å². The van der Waals surface area contributed by atoms with E-state index in [-0.39, 0.29) is 11.9 Å². The highest BCUT2D eigenvalue weighted by atomic mass is 32.1. The lowest BCUT2D eigenvalue weighted by atomic mass is 10.1. The molecule has 27 heavy (non-hydrogen) atoms. The van der Waals surface area contributed by atoms with Gasteiger partial charge in [-0.2, -0.15) is 0 Å². The minimum Gasteiger partial charge on any atom is -0.465 e. The van der Waals surface area contributed by atoms with Gasteiger partial charge in [-0.1, -0.05) is 20.3 Å². The average molecular weight is 391 g/mol. The van der Waals surface area contributed by atoms with Gasteiger partial charge in [0.15, 0.2) is 0 Å². The van der Waals surface area contributed by atoms with Crippen molar-refractivity contribution in [3.8, 4) is 0 Å². The van der Waals surface area contributed by atoms with Crippen molar-refractivity contribution in [3.63, 3.8) is 0 Å². The van der Waals surface area contributed by atoms with E-state index in [4.69, 9.17) is 9.15 Å². The van der Waals surface area contributed by atoms with Crippen LogP contribution in [-0.2, 0) is 17.6 Å². The van der Waals surface area contributed by atoms with E-state index in [0.29, 0.717) is 6.54 Å². The molecule has 0 aliphatic carbocycles. The summed E-state index contributed by atoms with van der Waals surface area (Å²) in [5.41, 5.74) is 1.30. The van der Waals surface area contributed by atoms with Crippen LogP contribution in [0, 0.1) is 6.92 Å². The second-order valence-corrected chi connectivity index (χ2v) is 8.12. The zero-order chi connectivity index (χ0) is 19.2. The highest BCUT2D eigenvalue weighted by Gasteiger charge is 2.26. The number of furan rings is 1. The fraction of sp³-hybridized carbons (Fsp3) is 0.571. The molecule has 1 fully saturated rings. The summed E-state index contributed by atoms with van der Waals surface area (Å²) < 4.78 is 11.4. The molecular formula is C21H30N2O3S. The molecule has 1 aliphatic heterocycles. The molecule has 1 amide bonds. The van der Waals surface area contributed by atoms with E-state index in [0.717, 1.165) is 62.0 Å². The largest absolute Gasteiger partial charge is 0.465 e. The normalized spacial score (nSPS) is 16.4. The van der Waals surface area contributed by atoms with E-state index in [1.165, 1.54) is 10.4 Å². The van der Waals surface area contributed by atoms with Crippen LogP contribution in [0.2, 0.25) is 0 Å². The van der Waals surface area contributed by atoms with Crippen LogP contribution in [0.25, 0.3) is 0 Å². The lowest BCUT2D eigenvalue weighted by Crippen LogP contribution is -2.43. The Bertz CT molecular complexity index is 746. The van der Waals surface area contributed by atoms with Crippen molar-refractivity contribution in [3.05, 3.63) is 45.0 Å². The minimum atomic E-state index is 0.0126. The van der Waals surface area contributed by atoms with E-state index in [1.54, 1.807) is 11.3 Å². The molecule has 1 atom stereocenters. The topological polar surface area (TPSA) is 54.7 Å². The Morgan fingerprint density at radius 2 is 2.07 bits per heavy atom. The third kappa shape index (κ3) is 5.00. The highest BCUT2D eigenvalue weighted by Crippen LogP contribution is 2.26. The molecule has 1 aliphatic rings. The number of hydrogen-bond donors (Lipinski definition) is 1. The van der Waals surface area contributed by atoms with Gasteiger partial charge in [-0.25, -0.2) is 0 Å². The molecule has 0 saturated carbocycles. The number of morpholine rings is 1. The van der Waals surface area contributed by atoms with Crippen molar-refractivity contribution < 1.29 is 13.9 Å². The van der Waals surface area contributed by atoms with Gasteiger partial charge in [-0.15, -0.1) is 11.3 Å². The number of hydrogen-bond acceptors (Lipinski definition) is 5. The Morgan fingerprint density at radius 3 is 2.70 bits per heavy atom. The highest BCUT2D eigenvalue weighted by molar-refractivity contribution is 7.14. The molecule has 1 saturated heterocycles. The van der Waals surface area contributed by atoms with Crippen molar-refractivity contribution in [2.24, 2.45) is 0 Å². The second-order valence-electron chi connectivity index (χ2n) is 6.99. The number of thiophene rings is 1. The number of nitrogens with one attached hydrogen (secondary N) is 1. The summed E-state index contributed by atoms with van der Waals surface area (Å²) in [4.78, 5) is 17.3. The standard InChI is InChI=1S/C21H30N2O3S/c1-4-6-19-16(5-2)13-20(27-19)21(24)22-14-17(18-8-7-15(3)26-18)23-9-11-25-12-10-23/h7-8,13,17H,4-6,9-12,14H2,1-3H3,(H,22,24). The molecule has 3 heterocycles. The number of aryl methyl sites for hydroxylation is 3. The van der Waals surface area contributed by atoms with Gasteiger partial charge in [-0.3, -0.25) is 9.69 Å². The predicted octanol–water partition coefficient (Wildman–Crippen LogP) is 3.97. The van der Waals surface area contributed by atoms with Gasteiger partial charge in [-0.05, 0) is 43.5 Å². The van der Waals surface area contributed by atoms with Gasteiger partial charge in [0.2, 0.25) is 0 Å². The maximum Gasteiger partial charge on any atom is 0.261 e. The minimum absolute atomic E-state index is 0.0126. The molecule has 5 nitrogen and oxygen atoms in total. The van der Waals surface area contributed by atoms with E-state index in [1.807, 2.05) is 19.1 Å². The molecule has 2 aromatic rings. The number of nitrogens with zero attached hydrogens (tertiary/aromatic N) is 1. The first-order valence-corrected chi connectivity index (χ1v) is 10.7. The van der Waals surface area contributed by atoms with E-state index in [2.05, 4.69) is 30.1 Å². The molecule has 0 aromatic carbocycles. The summed E-state index contributed by atoms with van der Waals surface area (Å²) in [6.45, 7) is 9.94. The maximum absolute atomic E-state index is 12.8. The zero-order valence-electron chi connectivity index (χ0n) is 16.5. The SMILES string of the molecule is CCCc1sc(C(=O)NCC(c2ccc(C)o2)N2CCOCC2)cc1CC. The fourth-order valence-corrected chi connectivity index (χ4v) is 4.80. The summed E-state index contributed by atoms with van der Waals surface area (Å²) in [5.74, 6) is 1.81. The van der Waals surface area contributed by atoms with Crippen LogP contribution in [0.4, 0.5) is 0 Å². The van der Waals surface area contributed by atoms with Crippen molar-refractivity contribution in [1.82, 2.24) is 10.2 Å². The molecule has 0 spiro atoms. The predicted molar refractivity (Wildman–Crippen MR) is 109 cm³/mol. The van der Waals surface area contributed by atoms with Crippen LogP contribution >= 0.6 is 11.3 Å². The summed E-state index contributed by atoms with van der Waals surface area (Å²) >= 11 is 1.63. The second kappa shape index (κ2) is 9.53. The van der Waals surface area contributed by atoms with Crippen LogP contribution in [-0.4, -0.2) is 43.7 Å². The maximum atomic E-state index is 12.8. The zero-order valence-corrected chi connectivity index (χ0v) is 17.4. The van der Waals surface area contributed by atoms with Crippen molar-refractivity contribution in [2.75, 3.05) is 32.8 Å². The van der Waals surface area contributed by atoms with Gasteiger partial charge in [0.1, 0.15) is 11.5 Å². The summed E-state index contributed by atoms with van der Waals surface area (Å²) in [6, 6.07) is 6.09. The van der Waals surface area contributed by atoms with Crippen LogP contribution in [0.15, 0.2) is 22.6 Å². The monoisotopic (exact) mass is 390 g/mol. The average Bonchev–Trinajstić information content (AvgIpc) is 3.29. The summed E-state index contributed by atoms with van der Waals surface area (Å²) in [5, 5.41) is 3.14. The lowest BCUT2D eigenvalue weighted by Gasteiger charge is -2.33. The van der Waals surface area contributed by atoms with Gasteiger partial charge in [0.05, 0.1) is 24.1 Å². The summed E-state index contributed by atoms with van der Waals surface area (Å²) in [6.07, 6.45) is 3.12. The molecule has 6 heteroatoms. The molecule has 2 aromatic heterocycles. The van der Waals surface area contributed by atoms with Crippen molar-refractivity contribution in [2.45, 2.75) is 46.1 Å². The van der Waals surface area contributed by atoms with Gasteiger partial charge in [0.25, 0.3) is 5.91 Å². The van der Waals surface area contributed by atoms with Crippen molar-refractivity contribution in [1.29, 1.82) is 0 Å². The lowest BCUT2D eigenvalue weighted by molar-refractivity contribution is 0.0117. The molecular weight excluding hydrogens is 360 g/mol. The quantitative estimate of drug-likeness (QED) is 0.741. The molecule has 148 valence electrons. The van der Waals surface area contributed by atoms with Gasteiger partial charge < -0.3 is 14.5 Å². The Hall–Kier alpha value is -1.63.